The summed E-state index contributed by atoms with van der Waals surface area (Å²) in [6.45, 7) is 1.81. The van der Waals surface area contributed by atoms with Crippen LogP contribution in [0.15, 0.2) is 18.2 Å². The Morgan fingerprint density at radius 2 is 2.33 bits per heavy atom. The molecule has 3 rings (SSSR count). The summed E-state index contributed by atoms with van der Waals surface area (Å²) < 4.78 is 19.5. The zero-order valence-corrected chi connectivity index (χ0v) is 13.5. The number of aromatic nitrogens is 2. The number of nitrogens with one attached hydrogen (secondary N) is 1. The van der Waals surface area contributed by atoms with E-state index in [1.807, 2.05) is 0 Å². The van der Waals surface area contributed by atoms with Gasteiger partial charge in [-0.2, -0.15) is 0 Å². The molecule has 8 nitrogen and oxygen atoms in total. The van der Waals surface area contributed by atoms with Gasteiger partial charge in [0.05, 0.1) is 18.8 Å². The molecule has 0 saturated carbocycles. The van der Waals surface area contributed by atoms with Gasteiger partial charge in [0.15, 0.2) is 5.01 Å². The third-order valence-electron chi connectivity index (χ3n) is 3.39. The van der Waals surface area contributed by atoms with Crippen LogP contribution < -0.4 is 16.0 Å². The lowest BCUT2D eigenvalue weighted by atomic mass is 10.2. The number of nitrogen functional groups attached to an aromatic ring is 1. The second kappa shape index (κ2) is 6.40. The molecule has 10 heteroatoms. The van der Waals surface area contributed by atoms with Crippen LogP contribution in [0.1, 0.15) is 6.92 Å². The molecule has 126 valence electrons. The number of halogens is 1. The van der Waals surface area contributed by atoms with Crippen molar-refractivity contribution in [1.29, 1.82) is 0 Å². The summed E-state index contributed by atoms with van der Waals surface area (Å²) in [4.78, 5) is 24.2. The highest BCUT2D eigenvalue weighted by atomic mass is 32.1. The predicted octanol–water partition coefficient (Wildman–Crippen LogP) is 1.39. The van der Waals surface area contributed by atoms with Crippen molar-refractivity contribution in [1.82, 2.24) is 15.5 Å². The van der Waals surface area contributed by atoms with Gasteiger partial charge in [-0.05, 0) is 18.2 Å². The van der Waals surface area contributed by atoms with Crippen molar-refractivity contribution in [2.24, 2.45) is 0 Å². The van der Waals surface area contributed by atoms with Crippen molar-refractivity contribution in [3.63, 3.8) is 0 Å². The van der Waals surface area contributed by atoms with Crippen LogP contribution in [0.2, 0.25) is 0 Å². The van der Waals surface area contributed by atoms with E-state index in [9.17, 15) is 14.0 Å². The van der Waals surface area contributed by atoms with Crippen LogP contribution >= 0.6 is 11.3 Å². The molecule has 0 spiro atoms. The molecule has 0 aliphatic carbocycles. The number of hydrogen-bond acceptors (Lipinski definition) is 7. The van der Waals surface area contributed by atoms with Crippen LogP contribution in [-0.4, -0.2) is 41.4 Å². The smallest absolute Gasteiger partial charge is 0.414 e. The average Bonchev–Trinajstić information content (AvgIpc) is 3.11. The van der Waals surface area contributed by atoms with E-state index in [0.29, 0.717) is 10.7 Å². The van der Waals surface area contributed by atoms with Crippen molar-refractivity contribution in [2.45, 2.75) is 13.0 Å². The zero-order chi connectivity index (χ0) is 17.3. The molecular formula is C14H14FN5O3S. The third kappa shape index (κ3) is 3.27. The number of anilines is 2. The van der Waals surface area contributed by atoms with Gasteiger partial charge < -0.3 is 15.8 Å². The Labute approximate surface area is 140 Å². The molecule has 2 heterocycles. The number of carbonyl (C=O) groups is 2. The van der Waals surface area contributed by atoms with E-state index in [1.165, 1.54) is 24.0 Å². The van der Waals surface area contributed by atoms with E-state index < -0.39 is 18.0 Å². The minimum Gasteiger partial charge on any atom is -0.442 e. The fourth-order valence-corrected chi connectivity index (χ4v) is 2.92. The van der Waals surface area contributed by atoms with Gasteiger partial charge in [-0.3, -0.25) is 9.69 Å². The highest BCUT2D eigenvalue weighted by Gasteiger charge is 2.32. The first-order valence-electron chi connectivity index (χ1n) is 7.05. The molecule has 1 unspecified atom stereocenters. The van der Waals surface area contributed by atoms with Gasteiger partial charge in [-0.1, -0.05) is 11.3 Å². The van der Waals surface area contributed by atoms with Crippen LogP contribution in [0.5, 0.6) is 0 Å². The van der Waals surface area contributed by atoms with Gasteiger partial charge in [-0.25, -0.2) is 9.18 Å². The number of cyclic esters (lactones) is 1. The van der Waals surface area contributed by atoms with Crippen LogP contribution in [0, 0.1) is 5.82 Å². The third-order valence-corrected chi connectivity index (χ3v) is 4.17. The van der Waals surface area contributed by atoms with Crippen molar-refractivity contribution in [3.8, 4) is 10.6 Å². The lowest BCUT2D eigenvalue weighted by Gasteiger charge is -2.14. The number of nitrogens with zero attached hydrogens (tertiary/aromatic N) is 3. The van der Waals surface area contributed by atoms with Gasteiger partial charge in [-0.15, -0.1) is 10.2 Å². The predicted molar refractivity (Wildman–Crippen MR) is 86.0 cm³/mol. The molecule has 0 radical (unpaired) electrons. The Balaban J connectivity index is 1.77. The van der Waals surface area contributed by atoms with Crippen molar-refractivity contribution >= 4 is 34.2 Å². The summed E-state index contributed by atoms with van der Waals surface area (Å²) in [5.74, 6) is -0.752. The molecule has 3 N–H and O–H groups in total. The average molecular weight is 351 g/mol. The molecular weight excluding hydrogens is 337 g/mol. The van der Waals surface area contributed by atoms with Crippen LogP contribution in [0.4, 0.5) is 20.0 Å². The Bertz CT molecular complexity index is 796. The number of rotatable bonds is 4. The Hall–Kier alpha value is -2.75. The lowest BCUT2D eigenvalue weighted by Crippen LogP contribution is -2.33. The summed E-state index contributed by atoms with van der Waals surface area (Å²) in [7, 11) is 0. The molecule has 2 aromatic rings. The number of carbonyl (C=O) groups excluding carboxylic acids is 2. The zero-order valence-electron chi connectivity index (χ0n) is 12.7. The molecule has 1 aromatic heterocycles. The minimum atomic E-state index is -0.585. The van der Waals surface area contributed by atoms with E-state index in [-0.39, 0.29) is 29.7 Å². The molecule has 1 aliphatic rings. The molecule has 0 bridgehead atoms. The maximum atomic E-state index is 14.3. The highest BCUT2D eigenvalue weighted by molar-refractivity contribution is 7.18. The minimum absolute atomic E-state index is 0.211. The molecule has 1 aromatic carbocycles. The number of amides is 2. The maximum absolute atomic E-state index is 14.3. The molecule has 1 saturated heterocycles. The topological polar surface area (TPSA) is 110 Å². The fraction of sp³-hybridized carbons (Fsp3) is 0.286. The second-order valence-electron chi connectivity index (χ2n) is 5.16. The highest BCUT2D eigenvalue weighted by Crippen LogP contribution is 2.31. The number of nitrogens with two attached hydrogens (primary N) is 1. The van der Waals surface area contributed by atoms with Gasteiger partial charge in [0.2, 0.25) is 11.0 Å². The van der Waals surface area contributed by atoms with Crippen LogP contribution in [0.25, 0.3) is 10.6 Å². The van der Waals surface area contributed by atoms with E-state index >= 15 is 0 Å². The summed E-state index contributed by atoms with van der Waals surface area (Å²) in [6.07, 6.45) is -1.07. The second-order valence-corrected chi connectivity index (χ2v) is 6.17. The van der Waals surface area contributed by atoms with Gasteiger partial charge >= 0.3 is 6.09 Å². The van der Waals surface area contributed by atoms with Crippen LogP contribution in [-0.2, 0) is 9.53 Å². The molecule has 1 atom stereocenters. The van der Waals surface area contributed by atoms with E-state index in [1.54, 1.807) is 6.07 Å². The molecule has 1 aliphatic heterocycles. The largest absolute Gasteiger partial charge is 0.442 e. The normalized spacial score (nSPS) is 17.0. The van der Waals surface area contributed by atoms with Gasteiger partial charge in [0, 0.05) is 12.5 Å². The fourth-order valence-electron chi connectivity index (χ4n) is 2.29. The number of benzene rings is 1. The molecule has 24 heavy (non-hydrogen) atoms. The quantitative estimate of drug-likeness (QED) is 0.861. The first-order valence-corrected chi connectivity index (χ1v) is 7.87. The Morgan fingerprint density at radius 3 is 2.96 bits per heavy atom. The standard InChI is InChI=1S/C14H14FN5O3S/c1-7(21)17-5-9-6-20(14(22)23-9)8-2-3-10(11(15)4-8)12-18-19-13(16)24-12/h2-4,9H,5-6H2,1H3,(H2,16,19)(H,17,21). The van der Waals surface area contributed by atoms with Crippen molar-refractivity contribution in [3.05, 3.63) is 24.0 Å². The summed E-state index contributed by atoms with van der Waals surface area (Å²) in [5, 5.41) is 10.6. The Morgan fingerprint density at radius 1 is 1.54 bits per heavy atom. The summed E-state index contributed by atoms with van der Waals surface area (Å²) in [6, 6.07) is 4.34. The SMILES string of the molecule is CC(=O)NCC1CN(c2ccc(-c3nnc(N)s3)c(F)c2)C(=O)O1. The van der Waals surface area contributed by atoms with E-state index in [0.717, 1.165) is 11.3 Å². The monoisotopic (exact) mass is 351 g/mol. The van der Waals surface area contributed by atoms with Crippen molar-refractivity contribution < 1.29 is 18.7 Å². The summed E-state index contributed by atoms with van der Waals surface area (Å²) >= 11 is 1.07. The summed E-state index contributed by atoms with van der Waals surface area (Å²) in [5.41, 5.74) is 6.13. The number of ether oxygens (including phenoxy) is 1. The van der Waals surface area contributed by atoms with E-state index in [4.69, 9.17) is 10.5 Å². The van der Waals surface area contributed by atoms with Gasteiger partial charge in [0.1, 0.15) is 11.9 Å². The first-order chi connectivity index (χ1) is 11.4. The maximum Gasteiger partial charge on any atom is 0.414 e. The van der Waals surface area contributed by atoms with Crippen molar-refractivity contribution in [2.75, 3.05) is 23.7 Å². The van der Waals surface area contributed by atoms with Crippen LogP contribution in [0.3, 0.4) is 0 Å². The van der Waals surface area contributed by atoms with E-state index in [2.05, 4.69) is 15.5 Å². The molecule has 2 amide bonds. The number of hydrogen-bond donors (Lipinski definition) is 2. The Kier molecular flexibility index (Phi) is 4.30. The lowest BCUT2D eigenvalue weighted by molar-refractivity contribution is -0.119. The van der Waals surface area contributed by atoms with Gasteiger partial charge in [0.25, 0.3) is 0 Å². The molecule has 1 fully saturated rings. The first kappa shape index (κ1) is 16.1.